The molecule has 0 spiro atoms. The summed E-state index contributed by atoms with van der Waals surface area (Å²) in [5.74, 6) is 0.697. The van der Waals surface area contributed by atoms with Crippen LogP contribution in [0.25, 0.3) is 0 Å². The molecule has 4 nitrogen and oxygen atoms in total. The largest absolute Gasteiger partial charge is 0.397 e. The summed E-state index contributed by atoms with van der Waals surface area (Å²) in [6.07, 6.45) is 5.26. The minimum Gasteiger partial charge on any atom is -0.397 e. The maximum Gasteiger partial charge on any atom is 0.268 e. The van der Waals surface area contributed by atoms with Gasteiger partial charge in [-0.3, -0.25) is 4.79 Å². The molecule has 2 aliphatic rings. The molecule has 2 bridgehead atoms. The molecule has 1 aromatic rings. The first kappa shape index (κ1) is 12.6. The number of rotatable bonds is 2. The molecule has 19 heavy (non-hydrogen) atoms. The molecule has 2 saturated carbocycles. The first-order chi connectivity index (χ1) is 8.84. The molecule has 0 saturated heterocycles. The van der Waals surface area contributed by atoms with Crippen LogP contribution >= 0.6 is 0 Å². The van der Waals surface area contributed by atoms with Crippen molar-refractivity contribution in [3.63, 3.8) is 0 Å². The van der Waals surface area contributed by atoms with Crippen LogP contribution in [0.15, 0.2) is 12.3 Å². The zero-order valence-corrected chi connectivity index (χ0v) is 11.9. The molecule has 2 aliphatic carbocycles. The summed E-state index contributed by atoms with van der Waals surface area (Å²) in [6.45, 7) is 7.03. The van der Waals surface area contributed by atoms with Gasteiger partial charge in [-0.2, -0.15) is 0 Å². The van der Waals surface area contributed by atoms with Crippen molar-refractivity contribution in [2.75, 3.05) is 5.73 Å². The maximum absolute atomic E-state index is 12.2. The fourth-order valence-electron chi connectivity index (χ4n) is 4.20. The van der Waals surface area contributed by atoms with Gasteiger partial charge in [-0.25, -0.2) is 0 Å². The molecule has 4 N–H and O–H groups in total. The number of fused-ring (bicyclic) bond motifs is 2. The van der Waals surface area contributed by atoms with Crippen LogP contribution in [0.2, 0.25) is 0 Å². The highest BCUT2D eigenvalue weighted by Gasteiger charge is 2.61. The van der Waals surface area contributed by atoms with Gasteiger partial charge in [0, 0.05) is 17.9 Å². The molecule has 3 rings (SSSR count). The Morgan fingerprint density at radius 2 is 2.21 bits per heavy atom. The first-order valence-corrected chi connectivity index (χ1v) is 7.09. The normalized spacial score (nSPS) is 35.5. The van der Waals surface area contributed by atoms with Gasteiger partial charge in [0.15, 0.2) is 0 Å². The minimum absolute atomic E-state index is 0.0359. The van der Waals surface area contributed by atoms with Gasteiger partial charge < -0.3 is 16.0 Å². The second kappa shape index (κ2) is 3.78. The average molecular weight is 261 g/mol. The number of nitrogen functional groups attached to an aromatic ring is 1. The second-order valence-electron chi connectivity index (χ2n) is 6.98. The fourth-order valence-corrected chi connectivity index (χ4v) is 4.20. The van der Waals surface area contributed by atoms with E-state index in [2.05, 4.69) is 31.1 Å². The van der Waals surface area contributed by atoms with Crippen LogP contribution in [-0.2, 0) is 0 Å². The van der Waals surface area contributed by atoms with E-state index in [0.717, 1.165) is 12.3 Å². The minimum atomic E-state index is -0.0359. The van der Waals surface area contributed by atoms with Crippen molar-refractivity contribution < 1.29 is 4.79 Å². The molecular weight excluding hydrogens is 238 g/mol. The lowest BCUT2D eigenvalue weighted by molar-refractivity contribution is 0.0822. The summed E-state index contributed by atoms with van der Waals surface area (Å²) in [4.78, 5) is 15.2. The lowest BCUT2D eigenvalue weighted by atomic mass is 9.69. The Hall–Kier alpha value is -1.45. The van der Waals surface area contributed by atoms with E-state index in [-0.39, 0.29) is 17.4 Å². The molecule has 0 aromatic carbocycles. The Balaban J connectivity index is 1.77. The summed E-state index contributed by atoms with van der Waals surface area (Å²) in [5.41, 5.74) is 7.33. The van der Waals surface area contributed by atoms with E-state index in [1.807, 2.05) is 0 Å². The number of hydrogen-bond donors (Lipinski definition) is 3. The van der Waals surface area contributed by atoms with Gasteiger partial charge in [0.05, 0.1) is 0 Å². The van der Waals surface area contributed by atoms with Crippen LogP contribution in [0.3, 0.4) is 0 Å². The van der Waals surface area contributed by atoms with Gasteiger partial charge >= 0.3 is 0 Å². The van der Waals surface area contributed by atoms with Crippen LogP contribution in [0.5, 0.6) is 0 Å². The SMILES string of the molecule is CC1(C)C2CCC1(C)C(NC(=O)c1cc(N)c[nH]1)C2. The number of carbonyl (C=O) groups excluding carboxylic acids is 1. The number of hydrogen-bond acceptors (Lipinski definition) is 2. The van der Waals surface area contributed by atoms with E-state index in [1.165, 1.54) is 12.8 Å². The zero-order valence-electron chi connectivity index (χ0n) is 11.9. The molecule has 3 atom stereocenters. The number of nitrogens with two attached hydrogens (primary N) is 1. The van der Waals surface area contributed by atoms with Crippen molar-refractivity contribution in [2.24, 2.45) is 16.7 Å². The smallest absolute Gasteiger partial charge is 0.268 e. The molecule has 0 radical (unpaired) electrons. The highest BCUT2D eigenvalue weighted by Crippen LogP contribution is 2.65. The number of anilines is 1. The number of carbonyl (C=O) groups is 1. The van der Waals surface area contributed by atoms with E-state index >= 15 is 0 Å². The summed E-state index contributed by atoms with van der Waals surface area (Å²) in [5, 5.41) is 3.21. The van der Waals surface area contributed by atoms with Gasteiger partial charge in [0.25, 0.3) is 5.91 Å². The van der Waals surface area contributed by atoms with Gasteiger partial charge in [-0.1, -0.05) is 20.8 Å². The van der Waals surface area contributed by atoms with Gasteiger partial charge in [-0.05, 0) is 42.1 Å². The van der Waals surface area contributed by atoms with E-state index in [0.29, 0.717) is 16.8 Å². The zero-order chi connectivity index (χ0) is 13.8. The molecule has 1 aromatic heterocycles. The predicted octanol–water partition coefficient (Wildman–Crippen LogP) is 2.54. The second-order valence-corrected chi connectivity index (χ2v) is 6.98. The number of aromatic amines is 1. The topological polar surface area (TPSA) is 70.9 Å². The molecule has 1 heterocycles. The Morgan fingerprint density at radius 1 is 1.47 bits per heavy atom. The highest BCUT2D eigenvalue weighted by atomic mass is 16.2. The molecule has 2 fully saturated rings. The molecule has 1 amide bonds. The monoisotopic (exact) mass is 261 g/mol. The van der Waals surface area contributed by atoms with Crippen molar-refractivity contribution in [3.8, 4) is 0 Å². The number of aromatic nitrogens is 1. The third-order valence-electron chi connectivity index (χ3n) is 6.05. The van der Waals surface area contributed by atoms with Crippen LogP contribution in [0.1, 0.15) is 50.5 Å². The van der Waals surface area contributed by atoms with Crippen molar-refractivity contribution in [2.45, 2.75) is 46.1 Å². The van der Waals surface area contributed by atoms with Gasteiger partial charge in [0.1, 0.15) is 5.69 Å². The highest BCUT2D eigenvalue weighted by molar-refractivity contribution is 5.93. The fraction of sp³-hybridized carbons (Fsp3) is 0.667. The van der Waals surface area contributed by atoms with Crippen LogP contribution < -0.4 is 11.1 Å². The summed E-state index contributed by atoms with van der Waals surface area (Å²) >= 11 is 0. The van der Waals surface area contributed by atoms with E-state index in [1.54, 1.807) is 12.3 Å². The number of H-pyrrole nitrogens is 1. The third-order valence-corrected chi connectivity index (χ3v) is 6.05. The molecule has 0 aliphatic heterocycles. The number of nitrogens with one attached hydrogen (secondary N) is 2. The van der Waals surface area contributed by atoms with Gasteiger partial charge in [0.2, 0.25) is 0 Å². The lowest BCUT2D eigenvalue weighted by Gasteiger charge is -2.39. The maximum atomic E-state index is 12.2. The third kappa shape index (κ3) is 1.62. The van der Waals surface area contributed by atoms with Gasteiger partial charge in [-0.15, -0.1) is 0 Å². The van der Waals surface area contributed by atoms with E-state index in [9.17, 15) is 4.79 Å². The van der Waals surface area contributed by atoms with E-state index < -0.39 is 0 Å². The van der Waals surface area contributed by atoms with Crippen molar-refractivity contribution >= 4 is 11.6 Å². The molecule has 104 valence electrons. The average Bonchev–Trinajstić information content (AvgIpc) is 2.91. The van der Waals surface area contributed by atoms with Crippen molar-refractivity contribution in [3.05, 3.63) is 18.0 Å². The van der Waals surface area contributed by atoms with E-state index in [4.69, 9.17) is 5.73 Å². The summed E-state index contributed by atoms with van der Waals surface area (Å²) in [7, 11) is 0. The van der Waals surface area contributed by atoms with Crippen molar-refractivity contribution in [1.82, 2.24) is 10.3 Å². The summed E-state index contributed by atoms with van der Waals surface area (Å²) < 4.78 is 0. The Bertz CT molecular complexity index is 519. The predicted molar refractivity (Wildman–Crippen MR) is 75.7 cm³/mol. The first-order valence-electron chi connectivity index (χ1n) is 7.09. The van der Waals surface area contributed by atoms with Crippen molar-refractivity contribution in [1.29, 1.82) is 0 Å². The van der Waals surface area contributed by atoms with Crippen LogP contribution in [0, 0.1) is 16.7 Å². The summed E-state index contributed by atoms with van der Waals surface area (Å²) in [6, 6.07) is 1.97. The standard InChI is InChI=1S/C15H23N3O/c1-14(2)9-4-5-15(14,3)12(6-9)18-13(19)11-7-10(16)8-17-11/h7-9,12,17H,4-6,16H2,1-3H3,(H,18,19). The molecular formula is C15H23N3O. The van der Waals surface area contributed by atoms with Crippen LogP contribution in [-0.4, -0.2) is 16.9 Å². The van der Waals surface area contributed by atoms with Crippen LogP contribution in [0.4, 0.5) is 5.69 Å². The molecule has 4 heteroatoms. The molecule has 3 unspecified atom stereocenters. The quantitative estimate of drug-likeness (QED) is 0.765. The lowest BCUT2D eigenvalue weighted by Crippen LogP contribution is -2.46. The Kier molecular flexibility index (Phi) is 2.50. The Morgan fingerprint density at radius 3 is 2.68 bits per heavy atom. The Labute approximate surface area is 114 Å². The number of amides is 1.